The molecule has 4 aromatic rings. The number of halogens is 1. The summed E-state index contributed by atoms with van der Waals surface area (Å²) in [4.78, 5) is 29.0. The van der Waals surface area contributed by atoms with Crippen LogP contribution in [0.25, 0.3) is 11.0 Å². The highest BCUT2D eigenvalue weighted by atomic mass is 35.5. The quantitative estimate of drug-likeness (QED) is 0.333. The summed E-state index contributed by atoms with van der Waals surface area (Å²) < 4.78 is 11.3. The van der Waals surface area contributed by atoms with Gasteiger partial charge in [-0.3, -0.25) is 14.5 Å². The van der Waals surface area contributed by atoms with Crippen molar-refractivity contribution >= 4 is 34.2 Å². The molecule has 0 saturated heterocycles. The van der Waals surface area contributed by atoms with Crippen LogP contribution < -0.4 is 15.1 Å². The molecule has 0 N–H and O–H groups in total. The van der Waals surface area contributed by atoms with E-state index in [2.05, 4.69) is 13.8 Å². The lowest BCUT2D eigenvalue weighted by Gasteiger charge is -2.26. The number of anilines is 1. The Morgan fingerprint density at radius 3 is 2.38 bits per heavy atom. The van der Waals surface area contributed by atoms with Crippen molar-refractivity contribution in [2.45, 2.75) is 32.7 Å². The Hall–Kier alpha value is -3.57. The lowest BCUT2D eigenvalue weighted by molar-refractivity contribution is 0.0971. The first-order valence-electron chi connectivity index (χ1n) is 11.1. The molecule has 0 saturated carbocycles. The summed E-state index contributed by atoms with van der Waals surface area (Å²) in [6, 6.07) is 17.9. The van der Waals surface area contributed by atoms with Crippen molar-refractivity contribution in [3.05, 3.63) is 104 Å². The topological polar surface area (TPSA) is 59.8 Å². The molecule has 0 spiro atoms. The number of methoxy groups -OCH3 is 1. The van der Waals surface area contributed by atoms with Crippen molar-refractivity contribution in [2.24, 2.45) is 0 Å². The van der Waals surface area contributed by atoms with Gasteiger partial charge in [0.05, 0.1) is 29.1 Å². The highest BCUT2D eigenvalue weighted by molar-refractivity contribution is 6.32. The summed E-state index contributed by atoms with van der Waals surface area (Å²) >= 11 is 6.40. The minimum atomic E-state index is -0.644. The van der Waals surface area contributed by atoms with Crippen LogP contribution in [0.3, 0.4) is 0 Å². The number of aryl methyl sites for hydroxylation is 1. The molecule has 1 amide bonds. The molecule has 34 heavy (non-hydrogen) atoms. The molecule has 2 heterocycles. The molecule has 0 radical (unpaired) electrons. The molecule has 0 fully saturated rings. The summed E-state index contributed by atoms with van der Waals surface area (Å²) in [6.45, 7) is 6.17. The summed E-state index contributed by atoms with van der Waals surface area (Å²) in [7, 11) is 1.53. The fourth-order valence-corrected chi connectivity index (χ4v) is 4.79. The number of carbonyl (C=O) groups excluding carboxylic acids is 1. The Morgan fingerprint density at radius 2 is 1.74 bits per heavy atom. The molecular weight excluding hydrogens is 450 g/mol. The Balaban J connectivity index is 1.77. The van der Waals surface area contributed by atoms with E-state index in [1.54, 1.807) is 35.2 Å². The molecule has 6 heteroatoms. The first-order valence-corrected chi connectivity index (χ1v) is 11.5. The molecule has 5 rings (SSSR count). The van der Waals surface area contributed by atoms with Gasteiger partial charge in [-0.15, -0.1) is 0 Å². The van der Waals surface area contributed by atoms with Crippen molar-refractivity contribution in [1.82, 2.24) is 0 Å². The average molecular weight is 474 g/mol. The van der Waals surface area contributed by atoms with Gasteiger partial charge in [-0.1, -0.05) is 61.3 Å². The zero-order chi connectivity index (χ0) is 24.1. The number of nitrogens with zero attached hydrogens (tertiary/aromatic N) is 1. The molecule has 1 atom stereocenters. The van der Waals surface area contributed by atoms with E-state index >= 15 is 0 Å². The maximum absolute atomic E-state index is 13.7. The second-order valence-corrected chi connectivity index (χ2v) is 9.30. The Labute approximate surface area is 202 Å². The number of fused-ring (bicyclic) bond motifs is 2. The van der Waals surface area contributed by atoms with Crippen LogP contribution in [-0.4, -0.2) is 13.0 Å². The first kappa shape index (κ1) is 22.2. The summed E-state index contributed by atoms with van der Waals surface area (Å²) in [5, 5.41) is 0.836. The molecular formula is C28H24ClNO4. The van der Waals surface area contributed by atoms with Gasteiger partial charge in [0.15, 0.2) is 5.43 Å². The van der Waals surface area contributed by atoms with Crippen molar-refractivity contribution in [3.63, 3.8) is 0 Å². The zero-order valence-corrected chi connectivity index (χ0v) is 20.1. The number of benzene rings is 3. The van der Waals surface area contributed by atoms with E-state index in [0.717, 1.165) is 11.1 Å². The third-order valence-electron chi connectivity index (χ3n) is 6.36. The molecule has 3 aromatic carbocycles. The fourth-order valence-electron chi connectivity index (χ4n) is 4.54. The standard InChI is InChI=1S/C28H24ClNO4/c1-15(2)17-6-8-18(9-7-17)25-24-26(31)20-13-16(3)5-11-22(20)34-27(24)28(32)30(25)19-10-12-23(33-4)21(29)14-19/h5-15,25H,1-4H3. The first-order chi connectivity index (χ1) is 16.3. The monoisotopic (exact) mass is 473 g/mol. The van der Waals surface area contributed by atoms with E-state index < -0.39 is 6.04 Å². The lowest BCUT2D eigenvalue weighted by atomic mass is 9.95. The van der Waals surface area contributed by atoms with Gasteiger partial charge in [0.1, 0.15) is 11.3 Å². The largest absolute Gasteiger partial charge is 0.495 e. The number of rotatable bonds is 4. The summed E-state index contributed by atoms with van der Waals surface area (Å²) in [6.07, 6.45) is 0. The second-order valence-electron chi connectivity index (χ2n) is 8.89. The van der Waals surface area contributed by atoms with E-state index in [-0.39, 0.29) is 17.1 Å². The molecule has 1 unspecified atom stereocenters. The van der Waals surface area contributed by atoms with Gasteiger partial charge in [-0.25, -0.2) is 0 Å². The summed E-state index contributed by atoms with van der Waals surface area (Å²) in [5.74, 6) is 0.544. The molecule has 172 valence electrons. The molecule has 5 nitrogen and oxygen atoms in total. The SMILES string of the molecule is COc1ccc(N2C(=O)c3oc4ccc(C)cc4c(=O)c3C2c2ccc(C(C)C)cc2)cc1Cl. The number of hydrogen-bond donors (Lipinski definition) is 0. The van der Waals surface area contributed by atoms with Crippen LogP contribution in [0.1, 0.15) is 58.6 Å². The van der Waals surface area contributed by atoms with E-state index in [1.807, 2.05) is 37.3 Å². The average Bonchev–Trinajstić information content (AvgIpc) is 3.12. The number of hydrogen-bond acceptors (Lipinski definition) is 4. The van der Waals surface area contributed by atoms with Crippen molar-refractivity contribution in [2.75, 3.05) is 12.0 Å². The maximum atomic E-state index is 13.7. The van der Waals surface area contributed by atoms with E-state index in [1.165, 1.54) is 12.7 Å². The van der Waals surface area contributed by atoms with Gasteiger partial charge in [0.2, 0.25) is 5.76 Å². The minimum absolute atomic E-state index is 0.0613. The third-order valence-corrected chi connectivity index (χ3v) is 6.65. The highest BCUT2D eigenvalue weighted by Gasteiger charge is 2.43. The van der Waals surface area contributed by atoms with Crippen molar-refractivity contribution in [3.8, 4) is 5.75 Å². The second kappa shape index (κ2) is 8.33. The van der Waals surface area contributed by atoms with Crippen molar-refractivity contribution < 1.29 is 13.9 Å². The Morgan fingerprint density at radius 1 is 1.00 bits per heavy atom. The van der Waals surface area contributed by atoms with Gasteiger partial charge in [0, 0.05) is 5.69 Å². The van der Waals surface area contributed by atoms with Crippen LogP contribution in [0.15, 0.2) is 69.9 Å². The fraction of sp³-hybridized carbons (Fsp3) is 0.214. The van der Waals surface area contributed by atoms with Crippen LogP contribution in [0.5, 0.6) is 5.75 Å². The minimum Gasteiger partial charge on any atom is -0.495 e. The summed E-state index contributed by atoms with van der Waals surface area (Å²) in [5.41, 5.74) is 4.03. The van der Waals surface area contributed by atoms with Gasteiger partial charge in [-0.05, 0) is 54.3 Å². The van der Waals surface area contributed by atoms with E-state index in [4.69, 9.17) is 20.8 Å². The van der Waals surface area contributed by atoms with Crippen LogP contribution in [-0.2, 0) is 0 Å². The van der Waals surface area contributed by atoms with Crippen LogP contribution in [0.2, 0.25) is 5.02 Å². The molecule has 0 aliphatic carbocycles. The maximum Gasteiger partial charge on any atom is 0.295 e. The Kier molecular flexibility index (Phi) is 5.45. The molecule has 1 aliphatic rings. The van der Waals surface area contributed by atoms with Gasteiger partial charge >= 0.3 is 0 Å². The highest BCUT2D eigenvalue weighted by Crippen LogP contribution is 2.43. The van der Waals surface area contributed by atoms with Crippen molar-refractivity contribution in [1.29, 1.82) is 0 Å². The predicted molar refractivity (Wildman–Crippen MR) is 134 cm³/mol. The predicted octanol–water partition coefficient (Wildman–Crippen LogP) is 6.64. The van der Waals surface area contributed by atoms with Crippen LogP contribution in [0, 0.1) is 6.92 Å². The van der Waals surface area contributed by atoms with Gasteiger partial charge < -0.3 is 9.15 Å². The number of carbonyl (C=O) groups is 1. The Bertz CT molecular complexity index is 1490. The van der Waals surface area contributed by atoms with Gasteiger partial charge in [0.25, 0.3) is 5.91 Å². The molecule has 0 bridgehead atoms. The molecule has 1 aliphatic heterocycles. The van der Waals surface area contributed by atoms with E-state index in [0.29, 0.717) is 38.9 Å². The number of amides is 1. The van der Waals surface area contributed by atoms with Gasteiger partial charge in [-0.2, -0.15) is 0 Å². The van der Waals surface area contributed by atoms with Crippen LogP contribution >= 0.6 is 11.6 Å². The lowest BCUT2D eigenvalue weighted by Crippen LogP contribution is -2.29. The zero-order valence-electron chi connectivity index (χ0n) is 19.4. The van der Waals surface area contributed by atoms with E-state index in [9.17, 15) is 9.59 Å². The third kappa shape index (κ3) is 3.48. The number of ether oxygens (including phenoxy) is 1. The van der Waals surface area contributed by atoms with Crippen LogP contribution in [0.4, 0.5) is 5.69 Å². The smallest absolute Gasteiger partial charge is 0.295 e. The molecule has 1 aromatic heterocycles. The normalized spacial score (nSPS) is 15.3.